The summed E-state index contributed by atoms with van der Waals surface area (Å²) in [4.78, 5) is 35.8. The van der Waals surface area contributed by atoms with Crippen molar-refractivity contribution in [3.63, 3.8) is 0 Å². The number of carboxylic acid groups (broad SMARTS) is 2. The molecule has 0 aliphatic carbocycles. The number of fused-ring (bicyclic) bond motifs is 1. The molecule has 8 nitrogen and oxygen atoms in total. The molecule has 0 spiro atoms. The third-order valence-corrected chi connectivity index (χ3v) is 7.72. The molecule has 0 saturated heterocycles. The molecular formula is C34H42ClNO7. The minimum atomic E-state index is -1.73. The maximum absolute atomic E-state index is 12.9. The molecule has 43 heavy (non-hydrogen) atoms. The molecule has 0 aromatic heterocycles. The van der Waals surface area contributed by atoms with Gasteiger partial charge < -0.3 is 25.0 Å². The van der Waals surface area contributed by atoms with E-state index in [0.29, 0.717) is 13.0 Å². The van der Waals surface area contributed by atoms with Crippen LogP contribution in [-0.4, -0.2) is 60.0 Å². The van der Waals surface area contributed by atoms with E-state index in [4.69, 9.17) is 26.2 Å². The average molecular weight is 612 g/mol. The Balaban J connectivity index is 1.41. The Hall–Kier alpha value is -3.46. The number of carbonyl (C=O) groups is 3. The fraction of sp³-hybridized carbons (Fsp3) is 0.441. The lowest BCUT2D eigenvalue weighted by atomic mass is 10.0. The van der Waals surface area contributed by atoms with Gasteiger partial charge >= 0.3 is 11.9 Å². The molecule has 3 aromatic rings. The van der Waals surface area contributed by atoms with Crippen LogP contribution in [0.4, 0.5) is 0 Å². The topological polar surface area (TPSA) is 122 Å². The summed E-state index contributed by atoms with van der Waals surface area (Å²) >= 11 is 6.20. The van der Waals surface area contributed by atoms with Crippen molar-refractivity contribution in [3.05, 3.63) is 82.4 Å². The molecule has 0 fully saturated rings. The summed E-state index contributed by atoms with van der Waals surface area (Å²) in [5, 5.41) is 24.5. The van der Waals surface area contributed by atoms with E-state index in [0.717, 1.165) is 62.0 Å². The van der Waals surface area contributed by atoms with Crippen LogP contribution in [0, 0.1) is 6.92 Å². The van der Waals surface area contributed by atoms with Crippen molar-refractivity contribution >= 4 is 40.2 Å². The van der Waals surface area contributed by atoms with Crippen LogP contribution in [0.15, 0.2) is 60.7 Å². The van der Waals surface area contributed by atoms with E-state index in [1.165, 1.54) is 21.9 Å². The summed E-state index contributed by atoms with van der Waals surface area (Å²) in [5.41, 5.74) is 3.49. The monoisotopic (exact) mass is 611 g/mol. The number of hydrogen-bond acceptors (Lipinski definition) is 5. The fourth-order valence-electron chi connectivity index (χ4n) is 4.87. The zero-order valence-corrected chi connectivity index (χ0v) is 25.5. The highest BCUT2D eigenvalue weighted by Crippen LogP contribution is 2.19. The Labute approximate surface area is 258 Å². The highest BCUT2D eigenvalue weighted by atomic mass is 35.5. The Morgan fingerprint density at radius 3 is 2.12 bits per heavy atom. The van der Waals surface area contributed by atoms with Gasteiger partial charge in [-0.2, -0.15) is 0 Å². The van der Waals surface area contributed by atoms with Gasteiger partial charge in [0.1, 0.15) is 6.61 Å². The number of rotatable bonds is 20. The van der Waals surface area contributed by atoms with Gasteiger partial charge in [-0.1, -0.05) is 85.5 Å². The second kappa shape index (κ2) is 18.3. The molecule has 0 radical (unpaired) electrons. The van der Waals surface area contributed by atoms with Crippen molar-refractivity contribution in [2.75, 3.05) is 19.8 Å². The zero-order chi connectivity index (χ0) is 31.0. The largest absolute Gasteiger partial charge is 0.480 e. The molecule has 1 amide bonds. The predicted octanol–water partition coefficient (Wildman–Crippen LogP) is 6.37. The third kappa shape index (κ3) is 12.0. The first kappa shape index (κ1) is 34.0. The normalized spacial score (nSPS) is 12.6. The lowest BCUT2D eigenvalue weighted by Crippen LogP contribution is -2.49. The Kier molecular flexibility index (Phi) is 14.5. The van der Waals surface area contributed by atoms with Gasteiger partial charge in [-0.3, -0.25) is 4.79 Å². The Morgan fingerprint density at radius 1 is 0.767 bits per heavy atom. The zero-order valence-electron chi connectivity index (χ0n) is 24.7. The number of carboxylic acids is 2. The Morgan fingerprint density at radius 2 is 1.42 bits per heavy atom. The summed E-state index contributed by atoms with van der Waals surface area (Å²) in [7, 11) is 0. The first-order valence-electron chi connectivity index (χ1n) is 14.9. The lowest BCUT2D eigenvalue weighted by Gasteiger charge is -2.23. The third-order valence-electron chi connectivity index (χ3n) is 7.31. The molecule has 0 bridgehead atoms. The molecule has 232 valence electrons. The van der Waals surface area contributed by atoms with E-state index in [9.17, 15) is 19.5 Å². The summed E-state index contributed by atoms with van der Waals surface area (Å²) in [6.45, 7) is 1.63. The standard InChI is InChI=1S/C34H42ClNO7/c1-24-15-16-26(22-29(24)35)12-5-2-3-9-19-36-33(39)31(32(34(40)41)43-23-30(37)38)42-20-10-4-6-11-25-17-18-27-13-7-8-14-28(27)21-25/h7-8,13-18,21-22,31-32H,2-6,9-12,19-20,23H2,1H3,(H,36,39)(H,37,38)(H,40,41). The highest BCUT2D eigenvalue weighted by Gasteiger charge is 2.36. The molecule has 0 aliphatic heterocycles. The van der Waals surface area contributed by atoms with Crippen LogP contribution in [0.5, 0.6) is 0 Å². The van der Waals surface area contributed by atoms with E-state index < -0.39 is 36.7 Å². The van der Waals surface area contributed by atoms with Gasteiger partial charge in [0.2, 0.25) is 0 Å². The van der Waals surface area contributed by atoms with E-state index in [1.807, 2.05) is 31.2 Å². The van der Waals surface area contributed by atoms with Gasteiger partial charge in [0.15, 0.2) is 12.2 Å². The number of carbonyl (C=O) groups excluding carboxylic acids is 1. The summed E-state index contributed by atoms with van der Waals surface area (Å²) in [6, 6.07) is 20.7. The van der Waals surface area contributed by atoms with Gasteiger partial charge in [0, 0.05) is 18.2 Å². The number of unbranched alkanes of at least 4 members (excludes halogenated alkanes) is 5. The van der Waals surface area contributed by atoms with Crippen LogP contribution < -0.4 is 5.32 Å². The van der Waals surface area contributed by atoms with E-state index in [-0.39, 0.29) is 6.61 Å². The lowest BCUT2D eigenvalue weighted by molar-refractivity contribution is -0.172. The number of aliphatic carboxylic acids is 2. The van der Waals surface area contributed by atoms with Gasteiger partial charge in [0.05, 0.1) is 0 Å². The van der Waals surface area contributed by atoms with Crippen LogP contribution in [0.25, 0.3) is 10.8 Å². The van der Waals surface area contributed by atoms with Crippen molar-refractivity contribution in [1.29, 1.82) is 0 Å². The molecule has 2 atom stereocenters. The molecule has 3 N–H and O–H groups in total. The van der Waals surface area contributed by atoms with Gasteiger partial charge in [-0.05, 0) is 79.0 Å². The van der Waals surface area contributed by atoms with Crippen molar-refractivity contribution < 1.29 is 34.1 Å². The first-order chi connectivity index (χ1) is 20.7. The van der Waals surface area contributed by atoms with Crippen LogP contribution in [0.2, 0.25) is 5.02 Å². The van der Waals surface area contributed by atoms with E-state index >= 15 is 0 Å². The van der Waals surface area contributed by atoms with Crippen molar-refractivity contribution in [1.82, 2.24) is 5.32 Å². The maximum atomic E-state index is 12.9. The molecular weight excluding hydrogens is 570 g/mol. The molecule has 3 aromatic carbocycles. The second-order valence-electron chi connectivity index (χ2n) is 10.8. The molecule has 0 saturated carbocycles. The number of halogens is 1. The number of benzene rings is 3. The van der Waals surface area contributed by atoms with Crippen LogP contribution in [-0.2, 0) is 36.7 Å². The smallest absolute Gasteiger partial charge is 0.336 e. The van der Waals surface area contributed by atoms with Crippen LogP contribution >= 0.6 is 11.6 Å². The predicted molar refractivity (Wildman–Crippen MR) is 168 cm³/mol. The summed E-state index contributed by atoms with van der Waals surface area (Å²) < 4.78 is 10.8. The molecule has 0 heterocycles. The SMILES string of the molecule is Cc1ccc(CCCCCCNC(=O)C(OCCCCCc2ccc3ccccc3c2)C(OCC(=O)O)C(=O)O)cc1Cl. The number of ether oxygens (including phenoxy) is 2. The second-order valence-corrected chi connectivity index (χ2v) is 11.2. The quantitative estimate of drug-likeness (QED) is 0.127. The summed E-state index contributed by atoms with van der Waals surface area (Å²) in [5.74, 6) is -3.40. The fourth-order valence-corrected chi connectivity index (χ4v) is 5.08. The molecule has 3 rings (SSSR count). The summed E-state index contributed by atoms with van der Waals surface area (Å²) in [6.07, 6.45) is 4.56. The first-order valence-corrected chi connectivity index (χ1v) is 15.3. The average Bonchev–Trinajstić information content (AvgIpc) is 2.98. The maximum Gasteiger partial charge on any atom is 0.336 e. The van der Waals surface area contributed by atoms with Crippen molar-refractivity contribution in [3.8, 4) is 0 Å². The highest BCUT2D eigenvalue weighted by molar-refractivity contribution is 6.31. The minimum Gasteiger partial charge on any atom is -0.480 e. The van der Waals surface area contributed by atoms with Crippen molar-refractivity contribution in [2.24, 2.45) is 0 Å². The number of hydrogen-bond donors (Lipinski definition) is 3. The van der Waals surface area contributed by atoms with Gasteiger partial charge in [-0.15, -0.1) is 0 Å². The molecule has 9 heteroatoms. The van der Waals surface area contributed by atoms with Crippen LogP contribution in [0.3, 0.4) is 0 Å². The van der Waals surface area contributed by atoms with E-state index in [2.05, 4.69) is 41.7 Å². The number of amides is 1. The number of aryl methyl sites for hydroxylation is 3. The molecule has 2 unspecified atom stereocenters. The van der Waals surface area contributed by atoms with E-state index in [1.54, 1.807) is 0 Å². The van der Waals surface area contributed by atoms with Crippen LogP contribution in [0.1, 0.15) is 61.6 Å². The Bertz CT molecular complexity index is 1350. The van der Waals surface area contributed by atoms with Gasteiger partial charge in [0.25, 0.3) is 5.91 Å². The van der Waals surface area contributed by atoms with Crippen molar-refractivity contribution in [2.45, 2.75) is 76.9 Å². The van der Waals surface area contributed by atoms with Gasteiger partial charge in [-0.25, -0.2) is 9.59 Å². The molecule has 0 aliphatic rings. The number of nitrogens with one attached hydrogen (secondary N) is 1. The minimum absolute atomic E-state index is 0.152.